The highest BCUT2D eigenvalue weighted by Crippen LogP contribution is 2.24. The number of carbonyl (C=O) groups is 2. The van der Waals surface area contributed by atoms with Gasteiger partial charge in [0.15, 0.2) is 0 Å². The Morgan fingerprint density at radius 3 is 2.21 bits per heavy atom. The SMILES string of the molecule is CC(C)(C)OC(=O)Nc1cccc(NC2CCN(CC(C(=O)OCc3ccccc3)c3ccccc3)CC2)c1. The first-order valence-corrected chi connectivity index (χ1v) is 13.6. The van der Waals surface area contributed by atoms with Gasteiger partial charge in [-0.3, -0.25) is 10.1 Å². The molecule has 4 rings (SSSR count). The molecule has 1 unspecified atom stereocenters. The maximum atomic E-state index is 13.2. The van der Waals surface area contributed by atoms with E-state index in [-0.39, 0.29) is 18.5 Å². The summed E-state index contributed by atoms with van der Waals surface area (Å²) in [7, 11) is 0. The van der Waals surface area contributed by atoms with Crippen LogP contribution in [0.1, 0.15) is 50.7 Å². The molecule has 7 nitrogen and oxygen atoms in total. The van der Waals surface area contributed by atoms with Crippen LogP contribution in [0.4, 0.5) is 16.2 Å². The first kappa shape index (κ1) is 28.2. The lowest BCUT2D eigenvalue weighted by atomic mass is 9.96. The molecule has 3 aromatic carbocycles. The highest BCUT2D eigenvalue weighted by Gasteiger charge is 2.28. The first-order chi connectivity index (χ1) is 18.7. The number of ether oxygens (including phenoxy) is 2. The number of anilines is 2. The van der Waals surface area contributed by atoms with E-state index in [1.165, 1.54) is 0 Å². The molecule has 1 saturated heterocycles. The Kier molecular flexibility index (Phi) is 9.60. The van der Waals surface area contributed by atoms with Crippen molar-refractivity contribution in [1.29, 1.82) is 0 Å². The standard InChI is InChI=1S/C32H39N3O4/c1-32(2,3)39-31(37)34-28-16-10-15-27(21-28)33-26-17-19-35(20-18-26)22-29(25-13-8-5-9-14-25)30(36)38-23-24-11-6-4-7-12-24/h4-16,21,26,29,33H,17-20,22-23H2,1-3H3,(H,34,37). The van der Waals surface area contributed by atoms with Crippen molar-refractivity contribution >= 4 is 23.4 Å². The number of carbonyl (C=O) groups excluding carboxylic acids is 2. The number of esters is 1. The molecule has 1 fully saturated rings. The summed E-state index contributed by atoms with van der Waals surface area (Å²) >= 11 is 0. The molecule has 1 aliphatic heterocycles. The van der Waals surface area contributed by atoms with Crippen molar-refractivity contribution in [2.45, 2.75) is 57.8 Å². The van der Waals surface area contributed by atoms with E-state index in [0.29, 0.717) is 18.3 Å². The van der Waals surface area contributed by atoms with Crippen LogP contribution in [0.2, 0.25) is 0 Å². The number of hydrogen-bond acceptors (Lipinski definition) is 6. The van der Waals surface area contributed by atoms with Crippen LogP contribution in [0.5, 0.6) is 0 Å². The van der Waals surface area contributed by atoms with Gasteiger partial charge >= 0.3 is 12.1 Å². The molecule has 39 heavy (non-hydrogen) atoms. The van der Waals surface area contributed by atoms with Gasteiger partial charge in [0.05, 0.1) is 5.92 Å². The largest absolute Gasteiger partial charge is 0.460 e. The van der Waals surface area contributed by atoms with Crippen LogP contribution in [0.25, 0.3) is 0 Å². The monoisotopic (exact) mass is 529 g/mol. The van der Waals surface area contributed by atoms with Gasteiger partial charge in [0.2, 0.25) is 0 Å². The van der Waals surface area contributed by atoms with E-state index >= 15 is 0 Å². The minimum atomic E-state index is -0.550. The lowest BCUT2D eigenvalue weighted by molar-refractivity contribution is -0.147. The summed E-state index contributed by atoms with van der Waals surface area (Å²) < 4.78 is 11.1. The maximum absolute atomic E-state index is 13.2. The highest BCUT2D eigenvalue weighted by molar-refractivity contribution is 5.85. The van der Waals surface area contributed by atoms with Crippen LogP contribution in [0.3, 0.4) is 0 Å². The summed E-state index contributed by atoms with van der Waals surface area (Å²) in [5.74, 6) is -0.533. The zero-order valence-electron chi connectivity index (χ0n) is 23.1. The Labute approximate surface area is 231 Å². The fraction of sp³-hybridized carbons (Fsp3) is 0.375. The van der Waals surface area contributed by atoms with E-state index in [4.69, 9.17) is 9.47 Å². The fourth-order valence-electron chi connectivity index (χ4n) is 4.69. The second-order valence-electron chi connectivity index (χ2n) is 11.0. The molecule has 1 amide bonds. The highest BCUT2D eigenvalue weighted by atomic mass is 16.6. The Balaban J connectivity index is 1.30. The molecule has 2 N–H and O–H groups in total. The molecule has 1 atom stereocenters. The van der Waals surface area contributed by atoms with E-state index in [2.05, 4.69) is 15.5 Å². The van der Waals surface area contributed by atoms with Gasteiger partial charge in [0.1, 0.15) is 12.2 Å². The summed E-state index contributed by atoms with van der Waals surface area (Å²) in [6, 6.07) is 27.7. The van der Waals surface area contributed by atoms with Crippen molar-refractivity contribution in [3.8, 4) is 0 Å². The molecule has 7 heteroatoms. The second-order valence-corrected chi connectivity index (χ2v) is 11.0. The van der Waals surface area contributed by atoms with Crippen molar-refractivity contribution in [2.75, 3.05) is 30.3 Å². The zero-order valence-corrected chi connectivity index (χ0v) is 23.1. The van der Waals surface area contributed by atoms with Crippen molar-refractivity contribution in [1.82, 2.24) is 4.90 Å². The third-order valence-electron chi connectivity index (χ3n) is 6.62. The van der Waals surface area contributed by atoms with Gasteiger partial charge in [-0.1, -0.05) is 66.7 Å². The maximum Gasteiger partial charge on any atom is 0.412 e. The molecule has 1 heterocycles. The average molecular weight is 530 g/mol. The molecular formula is C32H39N3O4. The molecule has 0 spiro atoms. The molecule has 0 bridgehead atoms. The zero-order chi connectivity index (χ0) is 27.7. The predicted octanol–water partition coefficient (Wildman–Crippen LogP) is 6.44. The lowest BCUT2D eigenvalue weighted by Crippen LogP contribution is -2.42. The van der Waals surface area contributed by atoms with E-state index in [9.17, 15) is 9.59 Å². The third kappa shape index (κ3) is 9.14. The molecular weight excluding hydrogens is 490 g/mol. The summed E-state index contributed by atoms with van der Waals surface area (Å²) in [6.45, 7) is 8.17. The molecule has 0 saturated carbocycles. The van der Waals surface area contributed by atoms with Gasteiger partial charge in [-0.05, 0) is 62.9 Å². The number of amides is 1. The Hall–Kier alpha value is -3.84. The fourth-order valence-corrected chi connectivity index (χ4v) is 4.69. The summed E-state index contributed by atoms with van der Waals surface area (Å²) in [5.41, 5.74) is 3.05. The van der Waals surface area contributed by atoms with E-state index in [0.717, 1.165) is 42.7 Å². The number of benzene rings is 3. The van der Waals surface area contributed by atoms with Gasteiger partial charge in [-0.25, -0.2) is 4.79 Å². The number of nitrogens with zero attached hydrogens (tertiary/aromatic N) is 1. The quantitative estimate of drug-likeness (QED) is 0.311. The van der Waals surface area contributed by atoms with E-state index in [1.807, 2.05) is 106 Å². The number of rotatable bonds is 9. The number of nitrogens with one attached hydrogen (secondary N) is 2. The van der Waals surface area contributed by atoms with Gasteiger partial charge < -0.3 is 19.7 Å². The van der Waals surface area contributed by atoms with Crippen molar-refractivity contribution in [3.05, 3.63) is 96.1 Å². The minimum absolute atomic E-state index is 0.195. The summed E-state index contributed by atoms with van der Waals surface area (Å²) in [6.07, 6.45) is 1.43. The first-order valence-electron chi connectivity index (χ1n) is 13.6. The summed E-state index contributed by atoms with van der Waals surface area (Å²) in [5, 5.41) is 6.40. The van der Waals surface area contributed by atoms with Crippen molar-refractivity contribution in [3.63, 3.8) is 0 Å². The predicted molar refractivity (Wildman–Crippen MR) is 155 cm³/mol. The average Bonchev–Trinajstić information content (AvgIpc) is 2.91. The van der Waals surface area contributed by atoms with Gasteiger partial charge in [-0.2, -0.15) is 0 Å². The topological polar surface area (TPSA) is 79.9 Å². The van der Waals surface area contributed by atoms with Crippen LogP contribution in [-0.2, 0) is 20.9 Å². The smallest absolute Gasteiger partial charge is 0.412 e. The van der Waals surface area contributed by atoms with E-state index in [1.54, 1.807) is 0 Å². The van der Waals surface area contributed by atoms with E-state index < -0.39 is 11.7 Å². The van der Waals surface area contributed by atoms with Gasteiger partial charge in [-0.15, -0.1) is 0 Å². The summed E-state index contributed by atoms with van der Waals surface area (Å²) in [4.78, 5) is 27.7. The third-order valence-corrected chi connectivity index (χ3v) is 6.62. The van der Waals surface area contributed by atoms with Crippen molar-refractivity contribution in [2.24, 2.45) is 0 Å². The Morgan fingerprint density at radius 2 is 1.54 bits per heavy atom. The van der Waals surface area contributed by atoms with Crippen molar-refractivity contribution < 1.29 is 19.1 Å². The number of likely N-dealkylation sites (tertiary alicyclic amines) is 1. The molecule has 0 aromatic heterocycles. The molecule has 3 aromatic rings. The second kappa shape index (κ2) is 13.3. The van der Waals surface area contributed by atoms with Crippen LogP contribution in [0.15, 0.2) is 84.9 Å². The van der Waals surface area contributed by atoms with Crippen LogP contribution < -0.4 is 10.6 Å². The molecule has 1 aliphatic rings. The molecule has 206 valence electrons. The minimum Gasteiger partial charge on any atom is -0.460 e. The lowest BCUT2D eigenvalue weighted by Gasteiger charge is -2.34. The Morgan fingerprint density at radius 1 is 0.897 bits per heavy atom. The normalized spacial score (nSPS) is 15.3. The molecule has 0 radical (unpaired) electrons. The Bertz CT molecular complexity index is 1200. The number of hydrogen-bond donors (Lipinski definition) is 2. The van der Waals surface area contributed by atoms with Gasteiger partial charge in [0, 0.05) is 37.1 Å². The van der Waals surface area contributed by atoms with Crippen LogP contribution >= 0.6 is 0 Å². The van der Waals surface area contributed by atoms with Crippen LogP contribution in [0, 0.1) is 0 Å². The van der Waals surface area contributed by atoms with Gasteiger partial charge in [0.25, 0.3) is 0 Å². The van der Waals surface area contributed by atoms with Crippen LogP contribution in [-0.4, -0.2) is 48.2 Å². The molecule has 0 aliphatic carbocycles. The number of piperidine rings is 1.